The molecule has 5 heteroatoms. The minimum Gasteiger partial charge on any atom is -0.369 e. The van der Waals surface area contributed by atoms with Crippen molar-refractivity contribution >= 4 is 11.8 Å². The molecule has 0 aliphatic rings. The van der Waals surface area contributed by atoms with Crippen molar-refractivity contribution in [2.24, 2.45) is 0 Å². The van der Waals surface area contributed by atoms with E-state index in [1.54, 1.807) is 11.9 Å². The van der Waals surface area contributed by atoms with Crippen molar-refractivity contribution in [2.45, 2.75) is 26.9 Å². The van der Waals surface area contributed by atoms with Crippen molar-refractivity contribution in [1.82, 2.24) is 10.2 Å². The van der Waals surface area contributed by atoms with Gasteiger partial charge in [0.05, 0.1) is 12.6 Å². The molecule has 2 amide bonds. The predicted octanol–water partition coefficient (Wildman–Crippen LogP) is 0.00590. The Morgan fingerprint density at radius 2 is 2.00 bits per heavy atom. The molecule has 0 saturated carbocycles. The van der Waals surface area contributed by atoms with Gasteiger partial charge < -0.3 is 15.0 Å². The summed E-state index contributed by atoms with van der Waals surface area (Å²) in [6.45, 7) is 6.25. The summed E-state index contributed by atoms with van der Waals surface area (Å²) in [5.41, 5.74) is 0. The zero-order chi connectivity index (χ0) is 11.8. The van der Waals surface area contributed by atoms with Gasteiger partial charge in [0.2, 0.25) is 11.8 Å². The van der Waals surface area contributed by atoms with E-state index in [1.165, 1.54) is 0 Å². The molecule has 5 nitrogen and oxygen atoms in total. The Bertz CT molecular complexity index is 217. The van der Waals surface area contributed by atoms with Gasteiger partial charge in [0, 0.05) is 13.6 Å². The lowest BCUT2D eigenvalue weighted by atomic mass is 10.4. The summed E-state index contributed by atoms with van der Waals surface area (Å²) in [4.78, 5) is 24.0. The van der Waals surface area contributed by atoms with E-state index < -0.39 is 0 Å². The molecule has 0 atom stereocenters. The summed E-state index contributed by atoms with van der Waals surface area (Å²) in [5.74, 6) is -0.364. The number of hydrogen-bond donors (Lipinski definition) is 1. The Balaban J connectivity index is 3.67. The number of carbonyl (C=O) groups excluding carboxylic acids is 2. The molecule has 0 aromatic rings. The third-order valence-corrected chi connectivity index (χ3v) is 1.88. The summed E-state index contributed by atoms with van der Waals surface area (Å²) in [6, 6.07) is 0. The minimum absolute atomic E-state index is 0.000780. The van der Waals surface area contributed by atoms with Crippen molar-refractivity contribution in [3.05, 3.63) is 0 Å². The van der Waals surface area contributed by atoms with Gasteiger partial charge in [0.15, 0.2) is 0 Å². The van der Waals surface area contributed by atoms with Crippen LogP contribution in [0.2, 0.25) is 0 Å². The van der Waals surface area contributed by atoms with Crippen LogP contribution >= 0.6 is 0 Å². The molecule has 15 heavy (non-hydrogen) atoms. The molecule has 0 aliphatic carbocycles. The summed E-state index contributed by atoms with van der Waals surface area (Å²) < 4.78 is 5.09. The maximum Gasteiger partial charge on any atom is 0.246 e. The first-order valence-electron chi connectivity index (χ1n) is 5.09. The van der Waals surface area contributed by atoms with Crippen LogP contribution in [0.5, 0.6) is 0 Å². The van der Waals surface area contributed by atoms with Crippen molar-refractivity contribution in [1.29, 1.82) is 0 Å². The normalized spacial score (nSPS) is 10.2. The quantitative estimate of drug-likeness (QED) is 0.680. The number of ether oxygens (including phenoxy) is 1. The molecule has 0 heterocycles. The SMILES string of the molecule is CCN(C)C(=O)CNC(=O)COC(C)C. The van der Waals surface area contributed by atoms with E-state index in [4.69, 9.17) is 4.74 Å². The number of rotatable bonds is 6. The van der Waals surface area contributed by atoms with Crippen LogP contribution in [0.15, 0.2) is 0 Å². The third-order valence-electron chi connectivity index (χ3n) is 1.88. The van der Waals surface area contributed by atoms with Crippen molar-refractivity contribution in [2.75, 3.05) is 26.7 Å². The van der Waals surface area contributed by atoms with Gasteiger partial charge in [-0.2, -0.15) is 0 Å². The van der Waals surface area contributed by atoms with E-state index in [0.717, 1.165) is 0 Å². The fourth-order valence-electron chi connectivity index (χ4n) is 0.779. The van der Waals surface area contributed by atoms with E-state index in [9.17, 15) is 9.59 Å². The van der Waals surface area contributed by atoms with E-state index in [0.29, 0.717) is 6.54 Å². The number of hydrogen-bond acceptors (Lipinski definition) is 3. The van der Waals surface area contributed by atoms with Gasteiger partial charge in [-0.1, -0.05) is 0 Å². The Kier molecular flexibility index (Phi) is 6.70. The second kappa shape index (κ2) is 7.23. The van der Waals surface area contributed by atoms with E-state index >= 15 is 0 Å². The van der Waals surface area contributed by atoms with Crippen LogP contribution in [-0.2, 0) is 14.3 Å². The lowest BCUT2D eigenvalue weighted by Crippen LogP contribution is -2.39. The number of carbonyl (C=O) groups is 2. The Labute approximate surface area is 90.8 Å². The third kappa shape index (κ3) is 6.90. The van der Waals surface area contributed by atoms with Gasteiger partial charge in [0.25, 0.3) is 0 Å². The Morgan fingerprint density at radius 3 is 2.47 bits per heavy atom. The van der Waals surface area contributed by atoms with Crippen LogP contribution in [0.25, 0.3) is 0 Å². The summed E-state index contributed by atoms with van der Waals surface area (Å²) in [6.07, 6.45) is 0.0183. The topological polar surface area (TPSA) is 58.6 Å². The second-order valence-electron chi connectivity index (χ2n) is 3.54. The van der Waals surface area contributed by atoms with Crippen molar-refractivity contribution < 1.29 is 14.3 Å². The predicted molar refractivity (Wildman–Crippen MR) is 57.4 cm³/mol. The molecular formula is C10H20N2O3. The van der Waals surface area contributed by atoms with Gasteiger partial charge >= 0.3 is 0 Å². The average Bonchev–Trinajstić information content (AvgIpc) is 2.21. The first-order chi connectivity index (χ1) is 6.97. The lowest BCUT2D eigenvalue weighted by Gasteiger charge is -2.14. The maximum atomic E-state index is 11.3. The highest BCUT2D eigenvalue weighted by atomic mass is 16.5. The molecule has 88 valence electrons. The standard InChI is InChI=1S/C10H20N2O3/c1-5-12(4)10(14)6-11-9(13)7-15-8(2)3/h8H,5-7H2,1-4H3,(H,11,13). The van der Waals surface area contributed by atoms with Crippen LogP contribution < -0.4 is 5.32 Å². The van der Waals surface area contributed by atoms with Gasteiger partial charge in [-0.3, -0.25) is 9.59 Å². The molecule has 0 spiro atoms. The van der Waals surface area contributed by atoms with E-state index in [2.05, 4.69) is 5.32 Å². The van der Waals surface area contributed by atoms with Crippen molar-refractivity contribution in [3.63, 3.8) is 0 Å². The molecule has 0 radical (unpaired) electrons. The molecular weight excluding hydrogens is 196 g/mol. The summed E-state index contributed by atoms with van der Waals surface area (Å²) in [7, 11) is 1.69. The van der Waals surface area contributed by atoms with Gasteiger partial charge in [-0.05, 0) is 20.8 Å². The summed E-state index contributed by atoms with van der Waals surface area (Å²) in [5, 5.41) is 2.50. The zero-order valence-electron chi connectivity index (χ0n) is 9.87. The first kappa shape index (κ1) is 13.9. The van der Waals surface area contributed by atoms with E-state index in [-0.39, 0.29) is 31.1 Å². The molecule has 0 aromatic heterocycles. The number of likely N-dealkylation sites (N-methyl/N-ethyl adjacent to an activating group) is 1. The van der Waals surface area contributed by atoms with E-state index in [1.807, 2.05) is 20.8 Å². The molecule has 0 bridgehead atoms. The highest BCUT2D eigenvalue weighted by Gasteiger charge is 2.08. The van der Waals surface area contributed by atoms with Crippen LogP contribution in [0.4, 0.5) is 0 Å². The van der Waals surface area contributed by atoms with Crippen LogP contribution in [0.3, 0.4) is 0 Å². The fraction of sp³-hybridized carbons (Fsp3) is 0.800. The van der Waals surface area contributed by atoms with Gasteiger partial charge in [0.1, 0.15) is 6.61 Å². The highest BCUT2D eigenvalue weighted by Crippen LogP contribution is 1.87. The zero-order valence-corrected chi connectivity index (χ0v) is 9.87. The highest BCUT2D eigenvalue weighted by molar-refractivity contribution is 5.85. The molecule has 0 saturated heterocycles. The Morgan fingerprint density at radius 1 is 1.40 bits per heavy atom. The van der Waals surface area contributed by atoms with Crippen LogP contribution in [0.1, 0.15) is 20.8 Å². The Hall–Kier alpha value is -1.10. The molecule has 0 aromatic carbocycles. The van der Waals surface area contributed by atoms with Crippen LogP contribution in [0, 0.1) is 0 Å². The lowest BCUT2D eigenvalue weighted by molar-refractivity contribution is -0.133. The monoisotopic (exact) mass is 216 g/mol. The van der Waals surface area contributed by atoms with Gasteiger partial charge in [-0.25, -0.2) is 0 Å². The molecule has 0 aliphatic heterocycles. The average molecular weight is 216 g/mol. The molecule has 1 N–H and O–H groups in total. The number of nitrogens with one attached hydrogen (secondary N) is 1. The van der Waals surface area contributed by atoms with Gasteiger partial charge in [-0.15, -0.1) is 0 Å². The maximum absolute atomic E-state index is 11.3. The minimum atomic E-state index is -0.262. The largest absolute Gasteiger partial charge is 0.369 e. The first-order valence-corrected chi connectivity index (χ1v) is 5.09. The van der Waals surface area contributed by atoms with Crippen molar-refractivity contribution in [3.8, 4) is 0 Å². The smallest absolute Gasteiger partial charge is 0.246 e. The second-order valence-corrected chi connectivity index (χ2v) is 3.54. The van der Waals surface area contributed by atoms with Crippen LogP contribution in [-0.4, -0.2) is 49.6 Å². The number of amides is 2. The molecule has 0 fully saturated rings. The summed E-state index contributed by atoms with van der Waals surface area (Å²) >= 11 is 0. The number of nitrogens with zero attached hydrogens (tertiary/aromatic N) is 1. The fourth-order valence-corrected chi connectivity index (χ4v) is 0.779. The molecule has 0 rings (SSSR count). The molecule has 0 unspecified atom stereocenters.